The standard InChI is InChI=1S/C19H18N6O4S2/c1-11-7-14(24-29-11)20-15(26)10-30-19-23-22-18(31-19)21-17(28)12-8-16(27)25(9-12)13-5-3-2-4-6-13/h2-7,12H,8-10H2,1H3,(H,20,24,26)(H,21,22,28)/t12-/m1/s1. The number of hydrogen-bond donors (Lipinski definition) is 2. The highest BCUT2D eigenvalue weighted by Crippen LogP contribution is 2.28. The molecular formula is C19H18N6O4S2. The van der Waals surface area contributed by atoms with E-state index in [1.165, 1.54) is 23.1 Å². The maximum atomic E-state index is 12.6. The first-order valence-corrected chi connectivity index (χ1v) is 11.1. The average Bonchev–Trinajstić information content (AvgIpc) is 3.47. The molecule has 1 aromatic carbocycles. The van der Waals surface area contributed by atoms with Gasteiger partial charge in [-0.2, -0.15) is 0 Å². The van der Waals surface area contributed by atoms with Gasteiger partial charge in [0.25, 0.3) is 0 Å². The highest BCUT2D eigenvalue weighted by molar-refractivity contribution is 8.01. The molecule has 0 aliphatic carbocycles. The molecule has 160 valence electrons. The number of carbonyl (C=O) groups is 3. The number of amides is 3. The van der Waals surface area contributed by atoms with E-state index in [-0.39, 0.29) is 29.9 Å². The van der Waals surface area contributed by atoms with Gasteiger partial charge in [0, 0.05) is 24.7 Å². The Morgan fingerprint density at radius 2 is 2.06 bits per heavy atom. The van der Waals surface area contributed by atoms with Gasteiger partial charge in [0.2, 0.25) is 22.9 Å². The maximum absolute atomic E-state index is 12.6. The largest absolute Gasteiger partial charge is 0.360 e. The van der Waals surface area contributed by atoms with E-state index in [1.54, 1.807) is 17.9 Å². The molecule has 3 amide bonds. The van der Waals surface area contributed by atoms with E-state index >= 15 is 0 Å². The van der Waals surface area contributed by atoms with Crippen molar-refractivity contribution >= 4 is 57.5 Å². The van der Waals surface area contributed by atoms with Crippen molar-refractivity contribution in [2.75, 3.05) is 27.8 Å². The fourth-order valence-electron chi connectivity index (χ4n) is 3.00. The second-order valence-corrected chi connectivity index (χ2v) is 8.96. The normalized spacial score (nSPS) is 15.8. The third-order valence-corrected chi connectivity index (χ3v) is 6.39. The predicted molar refractivity (Wildman–Crippen MR) is 116 cm³/mol. The summed E-state index contributed by atoms with van der Waals surface area (Å²) in [5, 5.41) is 17.3. The predicted octanol–water partition coefficient (Wildman–Crippen LogP) is 2.56. The van der Waals surface area contributed by atoms with E-state index < -0.39 is 5.92 Å². The third-order valence-electron chi connectivity index (χ3n) is 4.42. The number of hydrogen-bond acceptors (Lipinski definition) is 9. The first-order chi connectivity index (χ1) is 15.0. The van der Waals surface area contributed by atoms with Gasteiger partial charge in [-0.1, -0.05) is 46.5 Å². The SMILES string of the molecule is Cc1cc(NC(=O)CSc2nnc(NC(=O)[C@@H]3CC(=O)N(c4ccccc4)C3)s2)no1. The Kier molecular flexibility index (Phi) is 6.28. The molecule has 1 aliphatic rings. The fourth-order valence-corrected chi connectivity index (χ4v) is 4.55. The lowest BCUT2D eigenvalue weighted by Gasteiger charge is -2.16. The van der Waals surface area contributed by atoms with Crippen LogP contribution < -0.4 is 15.5 Å². The van der Waals surface area contributed by atoms with Gasteiger partial charge >= 0.3 is 0 Å². The summed E-state index contributed by atoms with van der Waals surface area (Å²) in [4.78, 5) is 38.5. The van der Waals surface area contributed by atoms with Gasteiger partial charge in [-0.25, -0.2) is 0 Å². The Morgan fingerprint density at radius 1 is 1.26 bits per heavy atom. The maximum Gasteiger partial charge on any atom is 0.236 e. The molecule has 1 atom stereocenters. The van der Waals surface area contributed by atoms with Crippen molar-refractivity contribution in [3.8, 4) is 0 Å². The Bertz CT molecular complexity index is 1100. The average molecular weight is 459 g/mol. The Hall–Kier alpha value is -3.25. The number of nitrogens with one attached hydrogen (secondary N) is 2. The molecule has 4 rings (SSSR count). The second-order valence-electron chi connectivity index (χ2n) is 6.76. The van der Waals surface area contributed by atoms with Crippen molar-refractivity contribution in [2.45, 2.75) is 17.7 Å². The van der Waals surface area contributed by atoms with E-state index in [2.05, 4.69) is 26.0 Å². The van der Waals surface area contributed by atoms with Crippen molar-refractivity contribution < 1.29 is 18.9 Å². The number of nitrogens with zero attached hydrogens (tertiary/aromatic N) is 4. The lowest BCUT2D eigenvalue weighted by molar-refractivity contribution is -0.122. The topological polar surface area (TPSA) is 130 Å². The quantitative estimate of drug-likeness (QED) is 0.408. The first-order valence-electron chi connectivity index (χ1n) is 9.33. The zero-order valence-corrected chi connectivity index (χ0v) is 18.0. The number of benzene rings is 1. The number of aryl methyl sites for hydroxylation is 1. The van der Waals surface area contributed by atoms with Crippen LogP contribution in [0.15, 0.2) is 45.3 Å². The zero-order chi connectivity index (χ0) is 21.8. The smallest absolute Gasteiger partial charge is 0.236 e. The lowest BCUT2D eigenvalue weighted by Crippen LogP contribution is -2.28. The lowest BCUT2D eigenvalue weighted by atomic mass is 10.1. The number of rotatable bonds is 7. The Labute approximate surface area is 185 Å². The summed E-state index contributed by atoms with van der Waals surface area (Å²) in [6.45, 7) is 2.05. The minimum atomic E-state index is -0.468. The molecule has 1 aliphatic heterocycles. The third kappa shape index (κ3) is 5.27. The van der Waals surface area contributed by atoms with Crippen LogP contribution in [0.5, 0.6) is 0 Å². The molecule has 10 nitrogen and oxygen atoms in total. The van der Waals surface area contributed by atoms with Crippen molar-refractivity contribution in [1.82, 2.24) is 15.4 Å². The van der Waals surface area contributed by atoms with Crippen molar-refractivity contribution in [3.63, 3.8) is 0 Å². The minimum absolute atomic E-state index is 0.0897. The summed E-state index contributed by atoms with van der Waals surface area (Å²) in [6.07, 6.45) is 0.142. The summed E-state index contributed by atoms with van der Waals surface area (Å²) in [7, 11) is 0. The molecule has 31 heavy (non-hydrogen) atoms. The van der Waals surface area contributed by atoms with Crippen LogP contribution in [0.1, 0.15) is 12.2 Å². The Morgan fingerprint density at radius 3 is 2.81 bits per heavy atom. The van der Waals surface area contributed by atoms with E-state index in [1.807, 2.05) is 30.3 Å². The fraction of sp³-hybridized carbons (Fsp3) is 0.263. The molecule has 12 heteroatoms. The van der Waals surface area contributed by atoms with Crippen LogP contribution in [0.25, 0.3) is 0 Å². The Balaban J connectivity index is 1.27. The summed E-state index contributed by atoms with van der Waals surface area (Å²) < 4.78 is 5.43. The summed E-state index contributed by atoms with van der Waals surface area (Å²) >= 11 is 2.36. The molecule has 0 radical (unpaired) electrons. The van der Waals surface area contributed by atoms with Gasteiger partial charge in [0.1, 0.15) is 5.76 Å². The molecule has 1 saturated heterocycles. The summed E-state index contributed by atoms with van der Waals surface area (Å²) in [6, 6.07) is 10.9. The number of aromatic nitrogens is 3. The molecule has 0 unspecified atom stereocenters. The van der Waals surface area contributed by atoms with Crippen LogP contribution in [-0.4, -0.2) is 45.4 Å². The van der Waals surface area contributed by atoms with Crippen molar-refractivity contribution in [2.24, 2.45) is 5.92 Å². The minimum Gasteiger partial charge on any atom is -0.360 e. The zero-order valence-electron chi connectivity index (χ0n) is 16.4. The van der Waals surface area contributed by atoms with Crippen molar-refractivity contribution in [3.05, 3.63) is 42.2 Å². The van der Waals surface area contributed by atoms with Gasteiger partial charge in [0.15, 0.2) is 10.2 Å². The van der Waals surface area contributed by atoms with Crippen LogP contribution >= 0.6 is 23.1 Å². The van der Waals surface area contributed by atoms with Crippen LogP contribution in [0.3, 0.4) is 0 Å². The molecule has 0 spiro atoms. The van der Waals surface area contributed by atoms with Gasteiger partial charge < -0.3 is 20.1 Å². The summed E-state index contributed by atoms with van der Waals surface area (Å²) in [5.74, 6) is -0.0365. The number of para-hydroxylation sites is 1. The van der Waals surface area contributed by atoms with E-state index in [0.717, 1.165) is 5.69 Å². The second kappa shape index (κ2) is 9.27. The first kappa shape index (κ1) is 21.0. The molecule has 3 heterocycles. The van der Waals surface area contributed by atoms with E-state index in [9.17, 15) is 14.4 Å². The van der Waals surface area contributed by atoms with E-state index in [4.69, 9.17) is 4.52 Å². The van der Waals surface area contributed by atoms with Crippen LogP contribution in [0, 0.1) is 12.8 Å². The van der Waals surface area contributed by atoms with Gasteiger partial charge in [-0.3, -0.25) is 14.4 Å². The molecule has 2 aromatic heterocycles. The van der Waals surface area contributed by atoms with Gasteiger partial charge in [0.05, 0.1) is 11.7 Å². The highest BCUT2D eigenvalue weighted by atomic mass is 32.2. The van der Waals surface area contributed by atoms with Crippen LogP contribution in [-0.2, 0) is 14.4 Å². The van der Waals surface area contributed by atoms with Crippen LogP contribution in [0.2, 0.25) is 0 Å². The molecular weight excluding hydrogens is 440 g/mol. The van der Waals surface area contributed by atoms with Gasteiger partial charge in [-0.15, -0.1) is 10.2 Å². The van der Waals surface area contributed by atoms with Crippen molar-refractivity contribution in [1.29, 1.82) is 0 Å². The number of anilines is 3. The molecule has 0 bridgehead atoms. The van der Waals surface area contributed by atoms with Crippen LogP contribution in [0.4, 0.5) is 16.6 Å². The number of carbonyl (C=O) groups excluding carboxylic acids is 3. The molecule has 2 N–H and O–H groups in total. The molecule has 0 saturated carbocycles. The molecule has 1 fully saturated rings. The monoisotopic (exact) mass is 458 g/mol. The molecule has 3 aromatic rings. The summed E-state index contributed by atoms with van der Waals surface area (Å²) in [5.41, 5.74) is 0.774. The van der Waals surface area contributed by atoms with E-state index in [0.29, 0.717) is 27.6 Å². The van der Waals surface area contributed by atoms with Gasteiger partial charge in [-0.05, 0) is 19.1 Å². The number of thioether (sulfide) groups is 1. The highest BCUT2D eigenvalue weighted by Gasteiger charge is 2.35.